The first-order chi connectivity index (χ1) is 13.0. The molecule has 3 rings (SSSR count). The first kappa shape index (κ1) is 18.9. The van der Waals surface area contributed by atoms with Crippen LogP contribution in [0.1, 0.15) is 15.9 Å². The van der Waals surface area contributed by atoms with Gasteiger partial charge in [-0.2, -0.15) is 14.5 Å². The molecule has 0 radical (unpaired) electrons. The topological polar surface area (TPSA) is 76.5 Å². The van der Waals surface area contributed by atoms with Crippen molar-refractivity contribution in [3.63, 3.8) is 0 Å². The fourth-order valence-electron chi connectivity index (χ4n) is 2.00. The molecular weight excluding hydrogens is 439 g/mol. The summed E-state index contributed by atoms with van der Waals surface area (Å²) < 4.78 is 19.7. The van der Waals surface area contributed by atoms with Gasteiger partial charge in [-0.25, -0.2) is 10.4 Å². The highest BCUT2D eigenvalue weighted by Gasteiger charge is 2.08. The summed E-state index contributed by atoms with van der Waals surface area (Å²) in [7, 11) is 0. The Kier molecular flexibility index (Phi) is 6.10. The Morgan fingerprint density at radius 1 is 1.26 bits per heavy atom. The van der Waals surface area contributed by atoms with Crippen molar-refractivity contribution < 1.29 is 13.9 Å². The fraction of sp³-hybridized carbons (Fsp3) is 0. The summed E-state index contributed by atoms with van der Waals surface area (Å²) in [6.07, 6.45) is 2.40. The fourth-order valence-corrected chi connectivity index (χ4v) is 2.52. The third-order valence-electron chi connectivity index (χ3n) is 3.24. The van der Waals surface area contributed by atoms with Crippen LogP contribution < -0.4 is 10.2 Å². The maximum absolute atomic E-state index is 13.6. The summed E-state index contributed by atoms with van der Waals surface area (Å²) in [5, 5.41) is 3.79. The normalized spacial score (nSPS) is 10.8. The van der Waals surface area contributed by atoms with Gasteiger partial charge < -0.3 is 4.74 Å². The van der Waals surface area contributed by atoms with E-state index in [2.05, 4.69) is 36.4 Å². The molecule has 0 aliphatic heterocycles. The van der Waals surface area contributed by atoms with E-state index in [4.69, 9.17) is 16.3 Å². The van der Waals surface area contributed by atoms with E-state index >= 15 is 0 Å². The van der Waals surface area contributed by atoms with Gasteiger partial charge in [0, 0.05) is 10.0 Å². The van der Waals surface area contributed by atoms with Crippen molar-refractivity contribution in [1.29, 1.82) is 0 Å². The van der Waals surface area contributed by atoms with E-state index in [0.717, 1.165) is 10.7 Å². The average Bonchev–Trinajstić information content (AvgIpc) is 2.66. The minimum Gasteiger partial charge on any atom is -0.436 e. The standard InChI is InChI=1S/C18H11BrClFN4O2/c19-13-3-1-2-12(8-13)16(26)25-23-9-11-4-6-14(7-5-11)27-17-15(21)10-22-18(20)24-17/h1-10H,(H,25,26)/b23-9+. The number of benzene rings is 2. The number of nitrogens with zero attached hydrogens (tertiary/aromatic N) is 3. The van der Waals surface area contributed by atoms with Gasteiger partial charge in [0.2, 0.25) is 11.1 Å². The van der Waals surface area contributed by atoms with E-state index < -0.39 is 5.82 Å². The Bertz CT molecular complexity index is 999. The number of rotatable bonds is 5. The molecule has 1 heterocycles. The SMILES string of the molecule is O=C(N/N=C/c1ccc(Oc2nc(Cl)ncc2F)cc1)c1cccc(Br)c1. The van der Waals surface area contributed by atoms with Gasteiger partial charge in [-0.05, 0) is 59.6 Å². The van der Waals surface area contributed by atoms with Gasteiger partial charge in [0.25, 0.3) is 11.8 Å². The van der Waals surface area contributed by atoms with E-state index in [1.807, 2.05) is 6.07 Å². The summed E-state index contributed by atoms with van der Waals surface area (Å²) >= 11 is 8.93. The molecule has 9 heteroatoms. The monoisotopic (exact) mass is 448 g/mol. The number of ether oxygens (including phenoxy) is 1. The molecule has 0 atom stereocenters. The number of aromatic nitrogens is 2. The van der Waals surface area contributed by atoms with Crippen LogP contribution in [0.3, 0.4) is 0 Å². The largest absolute Gasteiger partial charge is 0.436 e. The van der Waals surface area contributed by atoms with Crippen LogP contribution in [0.15, 0.2) is 64.3 Å². The summed E-state index contributed by atoms with van der Waals surface area (Å²) in [6.45, 7) is 0. The van der Waals surface area contributed by atoms with Gasteiger partial charge in [0.15, 0.2) is 0 Å². The lowest BCUT2D eigenvalue weighted by molar-refractivity contribution is 0.0955. The first-order valence-corrected chi connectivity index (χ1v) is 8.73. The Balaban J connectivity index is 1.61. The Labute approximate surface area is 167 Å². The molecule has 0 spiro atoms. The molecule has 0 fully saturated rings. The highest BCUT2D eigenvalue weighted by atomic mass is 79.9. The third kappa shape index (κ3) is 5.32. The van der Waals surface area contributed by atoms with Crippen LogP contribution in [0.5, 0.6) is 11.6 Å². The summed E-state index contributed by atoms with van der Waals surface area (Å²) in [5.41, 5.74) is 3.63. The molecule has 1 amide bonds. The Morgan fingerprint density at radius 3 is 2.78 bits per heavy atom. The van der Waals surface area contributed by atoms with Crippen LogP contribution in [-0.2, 0) is 0 Å². The molecular formula is C18H11BrClFN4O2. The van der Waals surface area contributed by atoms with Crippen LogP contribution >= 0.6 is 27.5 Å². The molecule has 27 heavy (non-hydrogen) atoms. The minimum absolute atomic E-state index is 0.114. The van der Waals surface area contributed by atoms with Crippen LogP contribution in [0.25, 0.3) is 0 Å². The van der Waals surface area contributed by atoms with Crippen molar-refractivity contribution >= 4 is 39.7 Å². The van der Waals surface area contributed by atoms with Crippen LogP contribution in [-0.4, -0.2) is 22.1 Å². The predicted molar refractivity (Wildman–Crippen MR) is 103 cm³/mol. The molecule has 1 N–H and O–H groups in total. The van der Waals surface area contributed by atoms with Gasteiger partial charge >= 0.3 is 0 Å². The molecule has 1 aromatic heterocycles. The van der Waals surface area contributed by atoms with Gasteiger partial charge in [-0.1, -0.05) is 22.0 Å². The number of hydrazone groups is 1. The maximum atomic E-state index is 13.6. The lowest BCUT2D eigenvalue weighted by Crippen LogP contribution is -2.17. The van der Waals surface area contributed by atoms with Gasteiger partial charge in [0.1, 0.15) is 5.75 Å². The number of amides is 1. The molecule has 0 saturated carbocycles. The smallest absolute Gasteiger partial charge is 0.271 e. The first-order valence-electron chi connectivity index (χ1n) is 7.56. The zero-order valence-electron chi connectivity index (χ0n) is 13.6. The molecule has 3 aromatic rings. The molecule has 0 saturated heterocycles. The van der Waals surface area contributed by atoms with E-state index in [9.17, 15) is 9.18 Å². The molecule has 0 aliphatic rings. The lowest BCUT2D eigenvalue weighted by Gasteiger charge is -2.05. The van der Waals surface area contributed by atoms with E-state index in [0.29, 0.717) is 16.9 Å². The summed E-state index contributed by atoms with van der Waals surface area (Å²) in [6, 6.07) is 13.5. The molecule has 0 bridgehead atoms. The summed E-state index contributed by atoms with van der Waals surface area (Å²) in [5.74, 6) is -0.958. The van der Waals surface area contributed by atoms with Crippen molar-refractivity contribution in [2.24, 2.45) is 5.10 Å². The molecule has 0 aliphatic carbocycles. The number of carbonyl (C=O) groups excluding carboxylic acids is 1. The predicted octanol–water partition coefficient (Wildman–Crippen LogP) is 4.59. The van der Waals surface area contributed by atoms with Crippen molar-refractivity contribution in [1.82, 2.24) is 15.4 Å². The Morgan fingerprint density at radius 2 is 2.04 bits per heavy atom. The quantitative estimate of drug-likeness (QED) is 0.351. The van der Waals surface area contributed by atoms with Crippen molar-refractivity contribution in [3.8, 4) is 11.6 Å². The zero-order chi connectivity index (χ0) is 19.2. The van der Waals surface area contributed by atoms with Gasteiger partial charge in [-0.3, -0.25) is 4.79 Å². The average molecular weight is 450 g/mol. The third-order valence-corrected chi connectivity index (χ3v) is 3.92. The number of hydrogen-bond acceptors (Lipinski definition) is 5. The van der Waals surface area contributed by atoms with Gasteiger partial charge in [-0.15, -0.1) is 0 Å². The molecule has 6 nitrogen and oxygen atoms in total. The van der Waals surface area contributed by atoms with Gasteiger partial charge in [0.05, 0.1) is 12.4 Å². The van der Waals surface area contributed by atoms with Crippen molar-refractivity contribution in [2.75, 3.05) is 0 Å². The molecule has 136 valence electrons. The Hall–Kier alpha value is -2.84. The highest BCUT2D eigenvalue weighted by molar-refractivity contribution is 9.10. The van der Waals surface area contributed by atoms with E-state index in [-0.39, 0.29) is 17.1 Å². The number of nitrogens with one attached hydrogen (secondary N) is 1. The van der Waals surface area contributed by atoms with Crippen LogP contribution in [0.2, 0.25) is 5.28 Å². The van der Waals surface area contributed by atoms with Crippen LogP contribution in [0.4, 0.5) is 4.39 Å². The zero-order valence-corrected chi connectivity index (χ0v) is 15.9. The van der Waals surface area contributed by atoms with Crippen molar-refractivity contribution in [3.05, 3.63) is 81.4 Å². The van der Waals surface area contributed by atoms with Crippen LogP contribution in [0, 0.1) is 5.82 Å². The second-order valence-corrected chi connectivity index (χ2v) is 6.43. The number of hydrogen-bond donors (Lipinski definition) is 1. The number of carbonyl (C=O) groups is 1. The minimum atomic E-state index is -0.722. The molecule has 0 unspecified atom stereocenters. The maximum Gasteiger partial charge on any atom is 0.271 e. The lowest BCUT2D eigenvalue weighted by atomic mass is 10.2. The van der Waals surface area contributed by atoms with E-state index in [1.165, 1.54) is 6.21 Å². The van der Waals surface area contributed by atoms with E-state index in [1.54, 1.807) is 42.5 Å². The second kappa shape index (κ2) is 8.70. The number of halogens is 3. The molecule has 2 aromatic carbocycles. The summed E-state index contributed by atoms with van der Waals surface area (Å²) in [4.78, 5) is 19.2. The van der Waals surface area contributed by atoms with Crippen molar-refractivity contribution in [2.45, 2.75) is 0 Å². The highest BCUT2D eigenvalue weighted by Crippen LogP contribution is 2.23. The second-order valence-electron chi connectivity index (χ2n) is 5.17.